The minimum atomic E-state index is -0.318. The fourth-order valence-electron chi connectivity index (χ4n) is 2.01. The molecule has 0 unspecified atom stereocenters. The van der Waals surface area contributed by atoms with Gasteiger partial charge < -0.3 is 20.3 Å². The zero-order chi connectivity index (χ0) is 13.7. The maximum Gasteiger partial charge on any atom is 0.317 e. The van der Waals surface area contributed by atoms with Crippen LogP contribution in [0.5, 0.6) is 5.75 Å². The maximum absolute atomic E-state index is 13.4. The number of urea groups is 1. The highest BCUT2D eigenvalue weighted by molar-refractivity contribution is 5.76. The van der Waals surface area contributed by atoms with Gasteiger partial charge in [0.05, 0.1) is 6.54 Å². The third-order valence-corrected chi connectivity index (χ3v) is 2.89. The number of hydrogen-bond donors (Lipinski definition) is 2. The number of rotatable bonds is 6. The first-order valence-electron chi connectivity index (χ1n) is 6.28. The highest BCUT2D eigenvalue weighted by Crippen LogP contribution is 2.16. The summed E-state index contributed by atoms with van der Waals surface area (Å²) in [7, 11) is 1.80. The van der Waals surface area contributed by atoms with Gasteiger partial charge in [0.15, 0.2) is 0 Å². The first-order chi connectivity index (χ1) is 9.19. The highest BCUT2D eigenvalue weighted by Gasteiger charge is 2.18. The van der Waals surface area contributed by atoms with Crippen LogP contribution in [-0.4, -0.2) is 44.2 Å². The van der Waals surface area contributed by atoms with Crippen LogP contribution in [0.15, 0.2) is 18.2 Å². The van der Waals surface area contributed by atoms with Crippen molar-refractivity contribution in [3.05, 3.63) is 29.6 Å². The smallest absolute Gasteiger partial charge is 0.317 e. The van der Waals surface area contributed by atoms with Crippen molar-refractivity contribution >= 4 is 6.03 Å². The molecule has 0 spiro atoms. The molecular weight excluding hydrogens is 249 g/mol. The Hall–Kier alpha value is -1.82. The van der Waals surface area contributed by atoms with E-state index >= 15 is 0 Å². The molecule has 2 amide bonds. The Labute approximate surface area is 111 Å². The molecule has 104 valence electrons. The van der Waals surface area contributed by atoms with Crippen molar-refractivity contribution in [2.45, 2.75) is 6.54 Å². The largest absolute Gasteiger partial charge is 0.492 e. The quantitative estimate of drug-likeness (QED) is 0.807. The SMILES string of the molecule is CNCc1cc(F)cc(OCCN2CCNC2=O)c1. The topological polar surface area (TPSA) is 53.6 Å². The highest BCUT2D eigenvalue weighted by atomic mass is 19.1. The van der Waals surface area contributed by atoms with Crippen molar-refractivity contribution in [1.29, 1.82) is 0 Å². The lowest BCUT2D eigenvalue weighted by atomic mass is 10.2. The molecule has 0 atom stereocenters. The average molecular weight is 267 g/mol. The van der Waals surface area contributed by atoms with Crippen molar-refractivity contribution in [3.8, 4) is 5.75 Å². The van der Waals surface area contributed by atoms with Crippen LogP contribution in [-0.2, 0) is 6.54 Å². The Morgan fingerprint density at radius 1 is 1.47 bits per heavy atom. The monoisotopic (exact) mass is 267 g/mol. The van der Waals surface area contributed by atoms with Gasteiger partial charge in [-0.2, -0.15) is 0 Å². The minimum absolute atomic E-state index is 0.0706. The normalized spacial score (nSPS) is 14.6. The van der Waals surface area contributed by atoms with Gasteiger partial charge in [-0.3, -0.25) is 0 Å². The van der Waals surface area contributed by atoms with E-state index in [-0.39, 0.29) is 11.8 Å². The van der Waals surface area contributed by atoms with E-state index in [9.17, 15) is 9.18 Å². The van der Waals surface area contributed by atoms with Crippen molar-refractivity contribution in [2.24, 2.45) is 0 Å². The van der Waals surface area contributed by atoms with Crippen LogP contribution in [0.3, 0.4) is 0 Å². The Balaban J connectivity index is 1.86. The average Bonchev–Trinajstić information content (AvgIpc) is 2.75. The third kappa shape index (κ3) is 3.82. The van der Waals surface area contributed by atoms with Crippen molar-refractivity contribution < 1.29 is 13.9 Å². The number of carbonyl (C=O) groups is 1. The summed E-state index contributed by atoms with van der Waals surface area (Å²) in [5.74, 6) is 0.173. The first-order valence-corrected chi connectivity index (χ1v) is 6.28. The van der Waals surface area contributed by atoms with E-state index in [4.69, 9.17) is 4.74 Å². The Kier molecular flexibility index (Phi) is 4.57. The molecule has 2 rings (SSSR count). The van der Waals surface area contributed by atoms with Crippen LogP contribution in [0, 0.1) is 5.82 Å². The van der Waals surface area contributed by atoms with Crippen molar-refractivity contribution in [1.82, 2.24) is 15.5 Å². The molecule has 1 fully saturated rings. The van der Waals surface area contributed by atoms with Crippen LogP contribution < -0.4 is 15.4 Å². The number of hydrogen-bond acceptors (Lipinski definition) is 3. The van der Waals surface area contributed by atoms with Gasteiger partial charge in [0.2, 0.25) is 0 Å². The summed E-state index contributed by atoms with van der Waals surface area (Å²) in [6.45, 7) is 2.81. The molecule has 1 aromatic rings. The lowest BCUT2D eigenvalue weighted by Gasteiger charge is -2.15. The Morgan fingerprint density at radius 3 is 3.00 bits per heavy atom. The van der Waals surface area contributed by atoms with Crippen LogP contribution in [0.25, 0.3) is 0 Å². The van der Waals surface area contributed by atoms with Crippen LogP contribution in [0.4, 0.5) is 9.18 Å². The van der Waals surface area contributed by atoms with Crippen LogP contribution in [0.1, 0.15) is 5.56 Å². The Morgan fingerprint density at radius 2 is 2.32 bits per heavy atom. The van der Waals surface area contributed by atoms with E-state index in [0.29, 0.717) is 38.5 Å². The van der Waals surface area contributed by atoms with Crippen molar-refractivity contribution in [2.75, 3.05) is 33.3 Å². The maximum atomic E-state index is 13.4. The van der Waals surface area contributed by atoms with E-state index in [1.54, 1.807) is 18.0 Å². The van der Waals surface area contributed by atoms with Gasteiger partial charge in [0.25, 0.3) is 0 Å². The van der Waals surface area contributed by atoms with Crippen LogP contribution >= 0.6 is 0 Å². The van der Waals surface area contributed by atoms with Crippen LogP contribution in [0.2, 0.25) is 0 Å². The number of halogens is 1. The fraction of sp³-hybridized carbons (Fsp3) is 0.462. The summed E-state index contributed by atoms with van der Waals surface area (Å²) in [5, 5.41) is 5.68. The third-order valence-electron chi connectivity index (χ3n) is 2.89. The number of benzene rings is 1. The molecule has 1 aliphatic rings. The van der Waals surface area contributed by atoms with E-state index in [1.807, 2.05) is 0 Å². The molecule has 5 nitrogen and oxygen atoms in total. The molecule has 0 saturated carbocycles. The molecule has 0 radical (unpaired) electrons. The number of ether oxygens (including phenoxy) is 1. The first kappa shape index (κ1) is 13.6. The van der Waals surface area contributed by atoms with E-state index in [1.165, 1.54) is 12.1 Å². The summed E-state index contributed by atoms with van der Waals surface area (Å²) in [6.07, 6.45) is 0. The number of nitrogens with zero attached hydrogens (tertiary/aromatic N) is 1. The van der Waals surface area contributed by atoms with Crippen molar-refractivity contribution in [3.63, 3.8) is 0 Å². The fourth-order valence-corrected chi connectivity index (χ4v) is 2.01. The second kappa shape index (κ2) is 6.38. The van der Waals surface area contributed by atoms with Gasteiger partial charge in [0.1, 0.15) is 18.2 Å². The molecule has 0 bridgehead atoms. The van der Waals surface area contributed by atoms with E-state index in [0.717, 1.165) is 5.56 Å². The molecule has 6 heteroatoms. The summed E-state index contributed by atoms with van der Waals surface area (Å²) in [6, 6.07) is 4.54. The lowest BCUT2D eigenvalue weighted by Crippen LogP contribution is -2.31. The zero-order valence-electron chi connectivity index (χ0n) is 10.9. The number of amides is 2. The minimum Gasteiger partial charge on any atom is -0.492 e. The van der Waals surface area contributed by atoms with Gasteiger partial charge >= 0.3 is 6.03 Å². The molecule has 0 aliphatic carbocycles. The molecule has 1 saturated heterocycles. The molecule has 1 heterocycles. The zero-order valence-corrected chi connectivity index (χ0v) is 10.9. The molecule has 1 aromatic carbocycles. The Bertz CT molecular complexity index is 454. The van der Waals surface area contributed by atoms with Gasteiger partial charge in [-0.15, -0.1) is 0 Å². The second-order valence-corrected chi connectivity index (χ2v) is 4.39. The molecule has 19 heavy (non-hydrogen) atoms. The number of nitrogens with one attached hydrogen (secondary N) is 2. The van der Waals surface area contributed by atoms with Gasteiger partial charge in [-0.25, -0.2) is 9.18 Å². The molecular formula is C13H18FN3O2. The lowest BCUT2D eigenvalue weighted by molar-refractivity contribution is 0.202. The van der Waals surface area contributed by atoms with Gasteiger partial charge in [-0.05, 0) is 24.7 Å². The molecule has 1 aliphatic heterocycles. The second-order valence-electron chi connectivity index (χ2n) is 4.39. The summed E-state index contributed by atoms with van der Waals surface area (Å²) >= 11 is 0. The molecule has 0 aromatic heterocycles. The van der Waals surface area contributed by atoms with Gasteiger partial charge in [-0.1, -0.05) is 0 Å². The summed E-state index contributed by atoms with van der Waals surface area (Å²) in [4.78, 5) is 13.0. The number of carbonyl (C=O) groups excluding carboxylic acids is 1. The van der Waals surface area contributed by atoms with Gasteiger partial charge in [0, 0.05) is 25.7 Å². The van der Waals surface area contributed by atoms with E-state index < -0.39 is 0 Å². The standard InChI is InChI=1S/C13H18FN3O2/c1-15-9-10-6-11(14)8-12(7-10)19-5-4-17-3-2-16-13(17)18/h6-8,15H,2-5,9H2,1H3,(H,16,18). The predicted octanol–water partition coefficient (Wildman–Crippen LogP) is 0.949. The summed E-state index contributed by atoms with van der Waals surface area (Å²) in [5.41, 5.74) is 0.830. The molecule has 2 N–H and O–H groups in total. The summed E-state index contributed by atoms with van der Waals surface area (Å²) < 4.78 is 18.9. The predicted molar refractivity (Wildman–Crippen MR) is 69.6 cm³/mol. The van der Waals surface area contributed by atoms with E-state index in [2.05, 4.69) is 10.6 Å².